The number of benzene rings is 1. The Kier molecular flexibility index (Phi) is 3.29. The molecule has 0 saturated heterocycles. The summed E-state index contributed by atoms with van der Waals surface area (Å²) >= 11 is 5.52. The molecule has 0 radical (unpaired) electrons. The van der Waals surface area contributed by atoms with Crippen LogP contribution in [-0.4, -0.2) is 20.1 Å². The minimum atomic E-state index is -5.10. The van der Waals surface area contributed by atoms with Crippen molar-refractivity contribution in [3.8, 4) is 0 Å². The lowest BCUT2D eigenvalue weighted by Gasteiger charge is -2.15. The van der Waals surface area contributed by atoms with Gasteiger partial charge in [0.15, 0.2) is 0 Å². The van der Waals surface area contributed by atoms with Gasteiger partial charge < -0.3 is 17.7 Å². The van der Waals surface area contributed by atoms with Gasteiger partial charge in [0, 0.05) is 0 Å². The van der Waals surface area contributed by atoms with E-state index >= 15 is 0 Å². The summed E-state index contributed by atoms with van der Waals surface area (Å²) in [6.45, 7) is -5.10. The first-order valence-electron chi connectivity index (χ1n) is 3.94. The maximum Gasteiger partial charge on any atom is 0.509 e. The summed E-state index contributed by atoms with van der Waals surface area (Å²) in [6, 6.07) is 2.52. The summed E-state index contributed by atoms with van der Waals surface area (Å²) in [4.78, 5) is 11.0. The number of esters is 1. The average Bonchev–Trinajstić information content (AvgIpc) is 2.15. The molecule has 0 aliphatic rings. The van der Waals surface area contributed by atoms with E-state index in [1.165, 1.54) is 0 Å². The molecule has 1 rings (SSSR count). The van der Waals surface area contributed by atoms with Gasteiger partial charge >= 0.3 is 12.9 Å². The summed E-state index contributed by atoms with van der Waals surface area (Å²) in [7, 11) is 1.13. The zero-order valence-electron chi connectivity index (χ0n) is 7.64. The molecular weight excluding hydrogens is 231 g/mol. The average molecular weight is 237 g/mol. The van der Waals surface area contributed by atoms with Crippen molar-refractivity contribution in [1.29, 1.82) is 0 Å². The maximum atomic E-state index is 12.3. The topological polar surface area (TPSA) is 26.3 Å². The van der Waals surface area contributed by atoms with Crippen molar-refractivity contribution < 1.29 is 22.5 Å². The van der Waals surface area contributed by atoms with Gasteiger partial charge in [0.1, 0.15) is 0 Å². The lowest BCUT2D eigenvalue weighted by Crippen LogP contribution is -2.34. The predicted molar refractivity (Wildman–Crippen MR) is 51.5 cm³/mol. The maximum absolute atomic E-state index is 12.3. The summed E-state index contributed by atoms with van der Waals surface area (Å²) in [5.41, 5.74) is -0.921. The summed E-state index contributed by atoms with van der Waals surface area (Å²) in [6.07, 6.45) is 0. The Bertz CT molecular complexity index is 392. The van der Waals surface area contributed by atoms with Crippen LogP contribution in [0.1, 0.15) is 10.4 Å². The highest BCUT2D eigenvalue weighted by Gasteiger charge is 2.26. The van der Waals surface area contributed by atoms with Crippen molar-refractivity contribution in [3.05, 3.63) is 28.8 Å². The predicted octanol–water partition coefficient (Wildman–Crippen LogP) is 2.18. The van der Waals surface area contributed by atoms with Crippen LogP contribution in [0.25, 0.3) is 0 Å². The second-order valence-electron chi connectivity index (χ2n) is 2.81. The molecule has 0 saturated carbocycles. The third-order valence-electron chi connectivity index (χ3n) is 1.78. The highest BCUT2D eigenvalue weighted by molar-refractivity contribution is 6.73. The van der Waals surface area contributed by atoms with E-state index in [1.54, 1.807) is 0 Å². The second-order valence-corrected chi connectivity index (χ2v) is 3.21. The number of carbonyl (C=O) groups is 1. The first kappa shape index (κ1) is 11.9. The molecule has 0 atom stereocenters. The number of rotatable bonds is 2. The Hall–Kier alpha value is -1.17. The van der Waals surface area contributed by atoms with Gasteiger partial charge in [-0.3, -0.25) is 0 Å². The largest absolute Gasteiger partial charge is 0.509 e. The molecule has 0 spiro atoms. The van der Waals surface area contributed by atoms with Gasteiger partial charge in [-0.1, -0.05) is 23.7 Å². The molecule has 2 nitrogen and oxygen atoms in total. The lowest BCUT2D eigenvalue weighted by atomic mass is 9.80. The highest BCUT2D eigenvalue weighted by Crippen LogP contribution is 2.18. The van der Waals surface area contributed by atoms with Crippen LogP contribution < -0.4 is 5.46 Å². The van der Waals surface area contributed by atoms with Crippen LogP contribution >= 0.6 is 11.6 Å². The van der Waals surface area contributed by atoms with Crippen LogP contribution in [0.4, 0.5) is 12.9 Å². The van der Waals surface area contributed by atoms with Crippen LogP contribution in [0, 0.1) is 0 Å². The SMILES string of the molecule is COC(=O)c1ccc([B-](F)(F)F)cc1Cl. The number of hydrogen-bond donors (Lipinski definition) is 0. The van der Waals surface area contributed by atoms with Crippen LogP contribution in [0.2, 0.25) is 5.02 Å². The zero-order valence-corrected chi connectivity index (χ0v) is 8.39. The molecule has 15 heavy (non-hydrogen) atoms. The molecule has 1 aromatic rings. The molecule has 0 N–H and O–H groups in total. The molecule has 0 fully saturated rings. The summed E-state index contributed by atoms with van der Waals surface area (Å²) in [5.74, 6) is -0.763. The van der Waals surface area contributed by atoms with E-state index in [0.29, 0.717) is 6.07 Å². The fraction of sp³-hybridized carbons (Fsp3) is 0.125. The first-order chi connectivity index (χ1) is 6.86. The van der Waals surface area contributed by atoms with Crippen molar-refractivity contribution in [2.75, 3.05) is 7.11 Å². The van der Waals surface area contributed by atoms with Crippen molar-refractivity contribution in [3.63, 3.8) is 0 Å². The normalized spacial score (nSPS) is 11.3. The Balaban J connectivity index is 3.15. The molecule has 1 aromatic carbocycles. The molecule has 7 heteroatoms. The number of carbonyl (C=O) groups excluding carboxylic acids is 1. The molecule has 0 heterocycles. The highest BCUT2D eigenvalue weighted by atomic mass is 35.5. The molecule has 82 valence electrons. The molecular formula is C8H6BClF3O2-. The summed E-state index contributed by atoms with van der Waals surface area (Å²) < 4.78 is 41.2. The van der Waals surface area contributed by atoms with Crippen LogP contribution in [0.15, 0.2) is 18.2 Å². The van der Waals surface area contributed by atoms with E-state index in [9.17, 15) is 17.7 Å². The quantitative estimate of drug-likeness (QED) is 0.582. The third kappa shape index (κ3) is 2.65. The van der Waals surface area contributed by atoms with Crippen LogP contribution in [0.5, 0.6) is 0 Å². The lowest BCUT2D eigenvalue weighted by molar-refractivity contribution is 0.0601. The van der Waals surface area contributed by atoms with Gasteiger partial charge in [-0.15, -0.1) is 5.46 Å². The molecule has 0 bridgehead atoms. The van der Waals surface area contributed by atoms with E-state index in [0.717, 1.165) is 19.2 Å². The van der Waals surface area contributed by atoms with Gasteiger partial charge in [0.25, 0.3) is 0 Å². The second kappa shape index (κ2) is 4.14. The van der Waals surface area contributed by atoms with Crippen molar-refractivity contribution >= 4 is 30.0 Å². The van der Waals surface area contributed by atoms with Crippen molar-refractivity contribution in [1.82, 2.24) is 0 Å². The molecule has 0 aliphatic carbocycles. The smallest absolute Gasteiger partial charge is 0.465 e. The van der Waals surface area contributed by atoms with E-state index < -0.39 is 18.4 Å². The Morgan fingerprint density at radius 1 is 1.40 bits per heavy atom. The van der Waals surface area contributed by atoms with Gasteiger partial charge in [0.05, 0.1) is 17.7 Å². The first-order valence-corrected chi connectivity index (χ1v) is 4.31. The van der Waals surface area contributed by atoms with E-state index in [-0.39, 0.29) is 10.6 Å². The van der Waals surface area contributed by atoms with E-state index in [1.807, 2.05) is 0 Å². The Morgan fingerprint density at radius 2 is 2.00 bits per heavy atom. The monoisotopic (exact) mass is 237 g/mol. The van der Waals surface area contributed by atoms with Gasteiger partial charge in [-0.25, -0.2) is 4.79 Å². The number of halogens is 4. The molecule has 0 aromatic heterocycles. The fourth-order valence-corrected chi connectivity index (χ4v) is 1.28. The molecule has 0 aliphatic heterocycles. The van der Waals surface area contributed by atoms with Gasteiger partial charge in [-0.2, -0.15) is 0 Å². The van der Waals surface area contributed by atoms with E-state index in [2.05, 4.69) is 4.74 Å². The van der Waals surface area contributed by atoms with Gasteiger partial charge in [-0.05, 0) is 6.07 Å². The fourth-order valence-electron chi connectivity index (χ4n) is 1.01. The molecule has 0 amide bonds. The van der Waals surface area contributed by atoms with Crippen molar-refractivity contribution in [2.45, 2.75) is 0 Å². The minimum Gasteiger partial charge on any atom is -0.465 e. The van der Waals surface area contributed by atoms with Gasteiger partial charge in [0.2, 0.25) is 0 Å². The zero-order chi connectivity index (χ0) is 11.6. The van der Waals surface area contributed by atoms with Crippen LogP contribution in [0.3, 0.4) is 0 Å². The Morgan fingerprint density at radius 3 is 2.40 bits per heavy atom. The number of hydrogen-bond acceptors (Lipinski definition) is 2. The van der Waals surface area contributed by atoms with E-state index in [4.69, 9.17) is 11.6 Å². The number of methoxy groups -OCH3 is 1. The standard InChI is InChI=1S/C8H6BClF3O2/c1-15-8(14)6-3-2-5(4-7(6)10)9(11,12)13/h2-4H,1H3/q-1. The molecule has 0 unspecified atom stereocenters. The summed E-state index contributed by atoms with van der Waals surface area (Å²) in [5, 5.41) is -0.265. The minimum absolute atomic E-state index is 0.0806. The van der Waals surface area contributed by atoms with Crippen molar-refractivity contribution in [2.24, 2.45) is 0 Å². The van der Waals surface area contributed by atoms with Crippen LogP contribution in [-0.2, 0) is 4.74 Å². The third-order valence-corrected chi connectivity index (χ3v) is 2.09. The number of ether oxygens (including phenoxy) is 1. The Labute approximate surface area is 89.0 Å².